The molecule has 1 heterocycles. The SMILES string of the molecule is CC(C)(C)[N@@+]1(C(=O)O)CCN(C(=O)OCc2ccccc2)C(COS(C)(=O)=O)C1. The average molecular weight is 430 g/mol. The maximum absolute atomic E-state index is 12.7. The van der Waals surface area contributed by atoms with Crippen LogP contribution in [0.5, 0.6) is 0 Å². The zero-order chi connectivity index (χ0) is 21.9. The van der Waals surface area contributed by atoms with E-state index >= 15 is 0 Å². The van der Waals surface area contributed by atoms with Crippen LogP contribution in [-0.4, -0.2) is 79.2 Å². The van der Waals surface area contributed by atoms with Gasteiger partial charge >= 0.3 is 12.2 Å². The Morgan fingerprint density at radius 1 is 1.24 bits per heavy atom. The number of carboxylic acid groups (broad SMARTS) is 1. The lowest BCUT2D eigenvalue weighted by atomic mass is 9.97. The van der Waals surface area contributed by atoms with Crippen molar-refractivity contribution >= 4 is 22.3 Å². The van der Waals surface area contributed by atoms with E-state index in [0.29, 0.717) is 0 Å². The number of rotatable bonds is 5. The van der Waals surface area contributed by atoms with E-state index in [4.69, 9.17) is 8.92 Å². The Bertz CT molecular complexity index is 836. The van der Waals surface area contributed by atoms with Crippen molar-refractivity contribution in [2.24, 2.45) is 0 Å². The highest BCUT2D eigenvalue weighted by Gasteiger charge is 2.54. The van der Waals surface area contributed by atoms with Crippen LogP contribution in [0.25, 0.3) is 0 Å². The molecule has 1 aliphatic heterocycles. The number of quaternary nitrogens is 1. The monoisotopic (exact) mass is 429 g/mol. The van der Waals surface area contributed by atoms with Crippen LogP contribution >= 0.6 is 0 Å². The Morgan fingerprint density at radius 3 is 2.38 bits per heavy atom. The molecule has 10 heteroatoms. The highest BCUT2D eigenvalue weighted by Crippen LogP contribution is 2.30. The van der Waals surface area contributed by atoms with Gasteiger partial charge in [0.15, 0.2) is 0 Å². The molecule has 2 atom stereocenters. The van der Waals surface area contributed by atoms with Gasteiger partial charge in [-0.15, -0.1) is 0 Å². The lowest BCUT2D eigenvalue weighted by Gasteiger charge is -2.50. The Kier molecular flexibility index (Phi) is 6.92. The summed E-state index contributed by atoms with van der Waals surface area (Å²) in [6.07, 6.45) is -0.746. The number of benzene rings is 1. The summed E-state index contributed by atoms with van der Waals surface area (Å²) in [6, 6.07) is 8.38. The van der Waals surface area contributed by atoms with Crippen molar-refractivity contribution in [2.75, 3.05) is 32.5 Å². The molecule has 0 spiro atoms. The number of amides is 2. The summed E-state index contributed by atoms with van der Waals surface area (Å²) in [5.74, 6) is 0. The summed E-state index contributed by atoms with van der Waals surface area (Å²) in [6.45, 7) is 5.44. The fraction of sp³-hybridized carbons (Fsp3) is 0.579. The zero-order valence-corrected chi connectivity index (χ0v) is 18.0. The van der Waals surface area contributed by atoms with Gasteiger partial charge in [-0.05, 0) is 26.3 Å². The third-order valence-electron chi connectivity index (χ3n) is 5.25. The molecule has 0 radical (unpaired) electrons. The first kappa shape index (κ1) is 23.1. The highest BCUT2D eigenvalue weighted by molar-refractivity contribution is 7.85. The molecule has 1 unspecified atom stereocenters. The van der Waals surface area contributed by atoms with Crippen molar-refractivity contribution in [3.63, 3.8) is 0 Å². The summed E-state index contributed by atoms with van der Waals surface area (Å²) >= 11 is 0. The number of nitrogens with zero attached hydrogens (tertiary/aromatic N) is 2. The Labute approximate surface area is 171 Å². The third kappa shape index (κ3) is 5.68. The first-order valence-corrected chi connectivity index (χ1v) is 11.1. The highest BCUT2D eigenvalue weighted by atomic mass is 32.2. The molecule has 0 bridgehead atoms. The van der Waals surface area contributed by atoms with E-state index in [-0.39, 0.29) is 37.3 Å². The van der Waals surface area contributed by atoms with Gasteiger partial charge in [0.25, 0.3) is 10.1 Å². The van der Waals surface area contributed by atoms with Crippen LogP contribution in [0.15, 0.2) is 30.3 Å². The minimum absolute atomic E-state index is 0.00872. The second kappa shape index (κ2) is 8.68. The molecule has 0 aromatic heterocycles. The van der Waals surface area contributed by atoms with Gasteiger partial charge in [0, 0.05) is 0 Å². The van der Waals surface area contributed by atoms with Gasteiger partial charge in [-0.1, -0.05) is 30.3 Å². The molecule has 9 nitrogen and oxygen atoms in total. The molecule has 1 N–H and O–H groups in total. The fourth-order valence-corrected chi connectivity index (χ4v) is 3.87. The number of hydrogen-bond acceptors (Lipinski definition) is 6. The van der Waals surface area contributed by atoms with Crippen molar-refractivity contribution in [1.82, 2.24) is 4.90 Å². The number of piperazine rings is 1. The van der Waals surface area contributed by atoms with Crippen LogP contribution in [0.4, 0.5) is 9.59 Å². The average Bonchev–Trinajstić information content (AvgIpc) is 2.63. The minimum Gasteiger partial charge on any atom is -0.445 e. The molecular weight excluding hydrogens is 400 g/mol. The maximum atomic E-state index is 12.7. The summed E-state index contributed by atoms with van der Waals surface area (Å²) in [4.78, 5) is 26.2. The quantitative estimate of drug-likeness (QED) is 0.565. The molecule has 0 saturated carbocycles. The molecule has 1 fully saturated rings. The van der Waals surface area contributed by atoms with Crippen LogP contribution in [0.1, 0.15) is 26.3 Å². The van der Waals surface area contributed by atoms with Gasteiger partial charge in [-0.3, -0.25) is 9.08 Å². The van der Waals surface area contributed by atoms with Gasteiger partial charge in [0.1, 0.15) is 31.3 Å². The van der Waals surface area contributed by atoms with E-state index in [9.17, 15) is 23.1 Å². The van der Waals surface area contributed by atoms with Gasteiger partial charge in [-0.2, -0.15) is 13.2 Å². The zero-order valence-electron chi connectivity index (χ0n) is 17.2. The first-order chi connectivity index (χ1) is 13.4. The minimum atomic E-state index is -3.75. The Balaban J connectivity index is 2.21. The van der Waals surface area contributed by atoms with Crippen LogP contribution in [-0.2, 0) is 25.6 Å². The smallest absolute Gasteiger partial charge is 0.445 e. The van der Waals surface area contributed by atoms with E-state index in [1.807, 2.05) is 30.3 Å². The normalized spacial score (nSPS) is 22.9. The number of hydrogen-bond donors (Lipinski definition) is 1. The summed E-state index contributed by atoms with van der Waals surface area (Å²) in [7, 11) is -3.75. The maximum Gasteiger partial charge on any atom is 0.514 e. The van der Waals surface area contributed by atoms with Crippen LogP contribution in [0.2, 0.25) is 0 Å². The third-order valence-corrected chi connectivity index (χ3v) is 5.81. The summed E-state index contributed by atoms with van der Waals surface area (Å²) < 4.78 is 32.9. The molecule has 2 rings (SSSR count). The van der Waals surface area contributed by atoms with Crippen molar-refractivity contribution < 1.29 is 36.5 Å². The molecule has 1 aromatic rings. The Morgan fingerprint density at radius 2 is 1.86 bits per heavy atom. The van der Waals surface area contributed by atoms with Gasteiger partial charge in [-0.25, -0.2) is 9.28 Å². The lowest BCUT2D eigenvalue weighted by molar-refractivity contribution is -0.910. The molecule has 2 amide bonds. The Hall–Kier alpha value is -2.17. The predicted octanol–water partition coefficient (Wildman–Crippen LogP) is 2.28. The van der Waals surface area contributed by atoms with Crippen molar-refractivity contribution in [1.29, 1.82) is 0 Å². The van der Waals surface area contributed by atoms with Crippen LogP contribution in [0.3, 0.4) is 0 Å². The van der Waals surface area contributed by atoms with Gasteiger partial charge < -0.3 is 9.84 Å². The van der Waals surface area contributed by atoms with Crippen LogP contribution < -0.4 is 0 Å². The molecule has 29 heavy (non-hydrogen) atoms. The molecular formula is C19H29N2O7S+. The summed E-state index contributed by atoms with van der Waals surface area (Å²) in [5, 5.41) is 9.93. The lowest BCUT2D eigenvalue weighted by Crippen LogP contribution is -2.73. The largest absolute Gasteiger partial charge is 0.514 e. The van der Waals surface area contributed by atoms with Crippen LogP contribution in [0, 0.1) is 0 Å². The number of ether oxygens (including phenoxy) is 1. The second-order valence-corrected chi connectivity index (χ2v) is 9.85. The van der Waals surface area contributed by atoms with Gasteiger partial charge in [0.05, 0.1) is 19.4 Å². The molecule has 0 aliphatic carbocycles. The standard InChI is InChI=1S/C19H28N2O7S/c1-19(2,3)21(18(23)24)11-10-20(16(12-21)14-28-29(4,25)26)17(22)27-13-15-8-6-5-7-9-15/h5-9,16H,10-14H2,1-4H3/p+1/t16?,21-/m0/s1. The van der Waals surface area contributed by atoms with E-state index in [2.05, 4.69) is 0 Å². The van der Waals surface area contributed by atoms with Crippen molar-refractivity contribution in [2.45, 2.75) is 39.0 Å². The van der Waals surface area contributed by atoms with Crippen molar-refractivity contribution in [3.8, 4) is 0 Å². The predicted molar refractivity (Wildman–Crippen MR) is 106 cm³/mol. The fourth-order valence-electron chi connectivity index (χ4n) is 3.47. The molecule has 1 saturated heterocycles. The topological polar surface area (TPSA) is 110 Å². The first-order valence-electron chi connectivity index (χ1n) is 9.28. The van der Waals surface area contributed by atoms with E-state index in [1.54, 1.807) is 20.8 Å². The molecule has 162 valence electrons. The van der Waals surface area contributed by atoms with E-state index in [0.717, 1.165) is 11.8 Å². The number of carbonyl (C=O) groups is 2. The molecule has 1 aromatic carbocycles. The van der Waals surface area contributed by atoms with Gasteiger partial charge in [0.2, 0.25) is 0 Å². The molecule has 1 aliphatic rings. The van der Waals surface area contributed by atoms with E-state index < -0.39 is 33.9 Å². The summed E-state index contributed by atoms with van der Waals surface area (Å²) in [5.41, 5.74) is 0.155. The number of carbonyl (C=O) groups excluding carboxylic acids is 1. The second-order valence-electron chi connectivity index (χ2n) is 8.20. The van der Waals surface area contributed by atoms with Crippen molar-refractivity contribution in [3.05, 3.63) is 35.9 Å². The van der Waals surface area contributed by atoms with E-state index in [1.165, 1.54) is 4.90 Å².